The molecule has 0 aromatic carbocycles. The van der Waals surface area contributed by atoms with Crippen molar-refractivity contribution in [3.05, 3.63) is 0 Å². The molecule has 2 saturated carbocycles. The minimum Gasteiger partial charge on any atom is -0.378 e. The molecule has 1 spiro atoms. The van der Waals surface area contributed by atoms with Gasteiger partial charge in [0.15, 0.2) is 5.96 Å². The van der Waals surface area contributed by atoms with E-state index < -0.39 is 9.84 Å². The molecule has 140 valence electrons. The Morgan fingerprint density at radius 2 is 2.08 bits per heavy atom. The molecular formula is C17H33N3O3S. The lowest BCUT2D eigenvalue weighted by Crippen LogP contribution is -2.69. The van der Waals surface area contributed by atoms with Crippen molar-refractivity contribution in [2.24, 2.45) is 10.4 Å². The topological polar surface area (TPSA) is 79.8 Å². The molecular weight excluding hydrogens is 326 g/mol. The second-order valence-electron chi connectivity index (χ2n) is 7.25. The molecule has 2 rings (SSSR count). The third-order valence-electron chi connectivity index (χ3n) is 5.37. The lowest BCUT2D eigenvalue weighted by Gasteiger charge is -2.61. The Bertz CT molecular complexity index is 543. The summed E-state index contributed by atoms with van der Waals surface area (Å²) in [6.07, 6.45) is 6.98. The lowest BCUT2D eigenvalue weighted by atomic mass is 9.51. The van der Waals surface area contributed by atoms with Gasteiger partial charge in [0.25, 0.3) is 0 Å². The van der Waals surface area contributed by atoms with Gasteiger partial charge in [-0.3, -0.25) is 4.99 Å². The molecule has 3 atom stereocenters. The van der Waals surface area contributed by atoms with Crippen molar-refractivity contribution < 1.29 is 13.2 Å². The first-order chi connectivity index (χ1) is 11.3. The highest BCUT2D eigenvalue weighted by atomic mass is 32.2. The van der Waals surface area contributed by atoms with Gasteiger partial charge in [0, 0.05) is 36.9 Å². The molecule has 2 aliphatic carbocycles. The van der Waals surface area contributed by atoms with Gasteiger partial charge in [-0.15, -0.1) is 0 Å². The van der Waals surface area contributed by atoms with Crippen LogP contribution in [0, 0.1) is 5.41 Å². The van der Waals surface area contributed by atoms with Gasteiger partial charge >= 0.3 is 0 Å². The molecule has 0 aliphatic heterocycles. The molecule has 6 nitrogen and oxygen atoms in total. The second-order valence-corrected chi connectivity index (χ2v) is 9.51. The van der Waals surface area contributed by atoms with Crippen molar-refractivity contribution >= 4 is 15.8 Å². The van der Waals surface area contributed by atoms with Gasteiger partial charge in [-0.2, -0.15) is 0 Å². The highest BCUT2D eigenvalue weighted by Gasteiger charge is 2.59. The molecule has 2 aliphatic rings. The van der Waals surface area contributed by atoms with Crippen LogP contribution in [0.1, 0.15) is 52.9 Å². The molecule has 0 heterocycles. The zero-order valence-electron chi connectivity index (χ0n) is 15.5. The summed E-state index contributed by atoms with van der Waals surface area (Å²) in [7, 11) is -2.93. The number of nitrogens with one attached hydrogen (secondary N) is 2. The van der Waals surface area contributed by atoms with Gasteiger partial charge in [-0.1, -0.05) is 6.42 Å². The van der Waals surface area contributed by atoms with E-state index in [1.165, 1.54) is 25.5 Å². The summed E-state index contributed by atoms with van der Waals surface area (Å²) < 4.78 is 28.5. The SMILES string of the molecule is CCN=C(NC(C)CCS(C)(=O)=O)NC1CC(OCC)C12CCC2. The lowest BCUT2D eigenvalue weighted by molar-refractivity contribution is -0.168. The number of aliphatic imine (C=N–C) groups is 1. The summed E-state index contributed by atoms with van der Waals surface area (Å²) >= 11 is 0. The van der Waals surface area contributed by atoms with Crippen molar-refractivity contribution in [1.82, 2.24) is 10.6 Å². The highest BCUT2D eigenvalue weighted by molar-refractivity contribution is 7.90. The van der Waals surface area contributed by atoms with Crippen LogP contribution in [-0.4, -0.2) is 57.7 Å². The first-order valence-corrected chi connectivity index (χ1v) is 11.2. The fraction of sp³-hybridized carbons (Fsp3) is 0.941. The first-order valence-electron chi connectivity index (χ1n) is 9.17. The Kier molecular flexibility index (Phi) is 6.53. The smallest absolute Gasteiger partial charge is 0.191 e. The third kappa shape index (κ3) is 4.63. The van der Waals surface area contributed by atoms with Crippen LogP contribution in [0.3, 0.4) is 0 Å². The number of nitrogens with zero attached hydrogens (tertiary/aromatic N) is 1. The number of hydrogen-bond donors (Lipinski definition) is 2. The van der Waals surface area contributed by atoms with E-state index in [-0.39, 0.29) is 17.2 Å². The number of guanidine groups is 1. The predicted molar refractivity (Wildman–Crippen MR) is 98.1 cm³/mol. The number of rotatable bonds is 8. The summed E-state index contributed by atoms with van der Waals surface area (Å²) in [6, 6.07) is 0.473. The average Bonchev–Trinajstić information content (AvgIpc) is 2.41. The minimum atomic E-state index is -2.93. The zero-order chi connectivity index (χ0) is 17.8. The molecule has 0 bridgehead atoms. The summed E-state index contributed by atoms with van der Waals surface area (Å²) in [4.78, 5) is 4.53. The second kappa shape index (κ2) is 8.04. The summed E-state index contributed by atoms with van der Waals surface area (Å²) in [5.74, 6) is 0.991. The summed E-state index contributed by atoms with van der Waals surface area (Å²) in [6.45, 7) is 7.54. The Hall–Kier alpha value is -0.820. The van der Waals surface area contributed by atoms with Crippen LogP contribution in [0.25, 0.3) is 0 Å². The fourth-order valence-corrected chi connectivity index (χ4v) is 4.57. The van der Waals surface area contributed by atoms with Gasteiger partial charge in [-0.25, -0.2) is 8.42 Å². The highest BCUT2D eigenvalue weighted by Crippen LogP contribution is 2.57. The number of ether oxygens (including phenoxy) is 1. The van der Waals surface area contributed by atoms with Gasteiger partial charge < -0.3 is 15.4 Å². The van der Waals surface area contributed by atoms with Crippen molar-refractivity contribution in [3.63, 3.8) is 0 Å². The summed E-state index contributed by atoms with van der Waals surface area (Å²) in [5.41, 5.74) is 0.280. The van der Waals surface area contributed by atoms with Crippen molar-refractivity contribution in [3.8, 4) is 0 Å². The molecule has 0 saturated heterocycles. The van der Waals surface area contributed by atoms with Gasteiger partial charge in [0.2, 0.25) is 0 Å². The Morgan fingerprint density at radius 1 is 1.38 bits per heavy atom. The number of hydrogen-bond acceptors (Lipinski definition) is 4. The Labute approximate surface area is 146 Å². The number of sulfone groups is 1. The van der Waals surface area contributed by atoms with Crippen LogP contribution in [0.15, 0.2) is 4.99 Å². The van der Waals surface area contributed by atoms with E-state index in [1.54, 1.807) is 0 Å². The Morgan fingerprint density at radius 3 is 2.58 bits per heavy atom. The van der Waals surface area contributed by atoms with E-state index in [0.717, 1.165) is 19.0 Å². The minimum absolute atomic E-state index is 0.0673. The monoisotopic (exact) mass is 359 g/mol. The van der Waals surface area contributed by atoms with Crippen molar-refractivity contribution in [2.45, 2.75) is 71.1 Å². The van der Waals surface area contributed by atoms with E-state index >= 15 is 0 Å². The van der Waals surface area contributed by atoms with Gasteiger partial charge in [-0.05, 0) is 46.5 Å². The van der Waals surface area contributed by atoms with E-state index in [9.17, 15) is 8.42 Å². The van der Waals surface area contributed by atoms with Gasteiger partial charge in [0.1, 0.15) is 9.84 Å². The quantitative estimate of drug-likeness (QED) is 0.509. The van der Waals surface area contributed by atoms with Crippen molar-refractivity contribution in [2.75, 3.05) is 25.2 Å². The zero-order valence-corrected chi connectivity index (χ0v) is 16.3. The van der Waals surface area contributed by atoms with E-state index in [2.05, 4.69) is 22.5 Å². The van der Waals surface area contributed by atoms with Crippen LogP contribution < -0.4 is 10.6 Å². The van der Waals surface area contributed by atoms with Gasteiger partial charge in [0.05, 0.1) is 11.9 Å². The average molecular weight is 360 g/mol. The molecule has 2 fully saturated rings. The van der Waals surface area contributed by atoms with E-state index in [1.807, 2.05) is 13.8 Å². The standard InChI is InChI=1S/C17H33N3O3S/c1-5-18-16(19-13(3)8-11-24(4,21)22)20-14-12-15(23-6-2)17(14)9-7-10-17/h13-15H,5-12H2,1-4H3,(H2,18,19,20). The van der Waals surface area contributed by atoms with E-state index in [4.69, 9.17) is 4.74 Å². The normalized spacial score (nSPS) is 27.2. The maximum absolute atomic E-state index is 11.3. The molecule has 0 aromatic rings. The molecule has 7 heteroatoms. The predicted octanol–water partition coefficient (Wildman–Crippen LogP) is 1.71. The Balaban J connectivity index is 1.89. The largest absolute Gasteiger partial charge is 0.378 e. The van der Waals surface area contributed by atoms with Crippen LogP contribution in [0.2, 0.25) is 0 Å². The van der Waals surface area contributed by atoms with Crippen LogP contribution in [0.4, 0.5) is 0 Å². The molecule has 2 N–H and O–H groups in total. The van der Waals surface area contributed by atoms with Crippen molar-refractivity contribution in [1.29, 1.82) is 0 Å². The molecule has 24 heavy (non-hydrogen) atoms. The maximum atomic E-state index is 11.3. The van der Waals surface area contributed by atoms with Crippen LogP contribution in [0.5, 0.6) is 0 Å². The van der Waals surface area contributed by atoms with Crippen LogP contribution in [-0.2, 0) is 14.6 Å². The maximum Gasteiger partial charge on any atom is 0.191 e. The third-order valence-corrected chi connectivity index (χ3v) is 6.35. The van der Waals surface area contributed by atoms with E-state index in [0.29, 0.717) is 25.1 Å². The molecule has 3 unspecified atom stereocenters. The first kappa shape index (κ1) is 19.5. The fourth-order valence-electron chi connectivity index (χ4n) is 3.79. The molecule has 0 amide bonds. The molecule has 0 aromatic heterocycles. The molecule has 0 radical (unpaired) electrons. The van der Waals surface area contributed by atoms with Crippen LogP contribution >= 0.6 is 0 Å². The summed E-state index contributed by atoms with van der Waals surface area (Å²) in [5, 5.41) is 6.93.